The summed E-state index contributed by atoms with van der Waals surface area (Å²) in [6.07, 6.45) is 1.40. The molecule has 0 amide bonds. The minimum atomic E-state index is -2.22. The van der Waals surface area contributed by atoms with Crippen molar-refractivity contribution in [3.8, 4) is 0 Å². The fraction of sp³-hybridized carbons (Fsp3) is 0.276. The number of halogens is 5. The molecule has 194 valence electrons. The van der Waals surface area contributed by atoms with Gasteiger partial charge in [-0.05, 0) is 34.1 Å². The number of anilines is 1. The highest BCUT2D eigenvalue weighted by Gasteiger charge is 2.29. The fourth-order valence-corrected chi connectivity index (χ4v) is 4.39. The molecule has 0 aromatic heterocycles. The third-order valence-electron chi connectivity index (χ3n) is 6.25. The van der Waals surface area contributed by atoms with Crippen LogP contribution in [0.25, 0.3) is 5.70 Å². The SMILES string of the molecule is CC(C)c1cccc(C(C)C)c1C1COC(C=C(Nc2c(F)c(F)c(F)c(F)c2F)c2ccccc2)=N1. The van der Waals surface area contributed by atoms with Crippen molar-refractivity contribution in [2.75, 3.05) is 11.9 Å². The topological polar surface area (TPSA) is 33.6 Å². The summed E-state index contributed by atoms with van der Waals surface area (Å²) in [4.78, 5) is 4.73. The van der Waals surface area contributed by atoms with Gasteiger partial charge in [-0.15, -0.1) is 0 Å². The van der Waals surface area contributed by atoms with E-state index in [4.69, 9.17) is 9.73 Å². The Hall–Kier alpha value is -3.68. The van der Waals surface area contributed by atoms with Crippen molar-refractivity contribution in [1.82, 2.24) is 0 Å². The molecule has 0 aliphatic carbocycles. The summed E-state index contributed by atoms with van der Waals surface area (Å²) in [5.41, 5.74) is 2.71. The van der Waals surface area contributed by atoms with Crippen LogP contribution in [0.15, 0.2) is 59.6 Å². The summed E-state index contributed by atoms with van der Waals surface area (Å²) >= 11 is 0. The minimum Gasteiger partial charge on any atom is -0.475 e. The van der Waals surface area contributed by atoms with Gasteiger partial charge in [-0.3, -0.25) is 0 Å². The van der Waals surface area contributed by atoms with Crippen molar-refractivity contribution < 1.29 is 26.7 Å². The predicted octanol–water partition coefficient (Wildman–Crippen LogP) is 8.25. The number of nitrogens with zero attached hydrogens (tertiary/aromatic N) is 1. The molecule has 0 spiro atoms. The fourth-order valence-electron chi connectivity index (χ4n) is 4.39. The first-order valence-corrected chi connectivity index (χ1v) is 12.0. The van der Waals surface area contributed by atoms with Gasteiger partial charge in [0.05, 0.1) is 5.70 Å². The quantitative estimate of drug-likeness (QED) is 0.196. The third kappa shape index (κ3) is 5.24. The van der Waals surface area contributed by atoms with E-state index < -0.39 is 34.8 Å². The molecule has 0 bridgehead atoms. The molecule has 4 rings (SSSR count). The standard InChI is InChI=1S/C29H27F5N2O/c1-15(2)18-11-8-12-19(16(3)4)23(18)21-14-37-22(35-21)13-20(17-9-6-5-7-10-17)36-29-27(33)25(31)24(30)26(32)28(29)34/h5-13,15-16,21,36H,14H2,1-4H3. The van der Waals surface area contributed by atoms with Gasteiger partial charge in [0, 0.05) is 6.08 Å². The second-order valence-electron chi connectivity index (χ2n) is 9.45. The molecule has 0 saturated carbocycles. The molecular formula is C29H27F5N2O. The molecular weight excluding hydrogens is 487 g/mol. The largest absolute Gasteiger partial charge is 0.475 e. The first-order chi connectivity index (χ1) is 17.6. The van der Waals surface area contributed by atoms with Crippen molar-refractivity contribution in [2.24, 2.45) is 4.99 Å². The van der Waals surface area contributed by atoms with E-state index in [1.165, 1.54) is 6.08 Å². The average molecular weight is 515 g/mol. The number of aliphatic imine (C=N–C) groups is 1. The number of ether oxygens (including phenoxy) is 1. The zero-order chi connectivity index (χ0) is 26.9. The van der Waals surface area contributed by atoms with Crippen LogP contribution in [0.4, 0.5) is 27.6 Å². The zero-order valence-corrected chi connectivity index (χ0v) is 20.9. The highest BCUT2D eigenvalue weighted by atomic mass is 19.2. The van der Waals surface area contributed by atoms with Gasteiger partial charge in [-0.1, -0.05) is 76.2 Å². The molecule has 0 saturated heterocycles. The van der Waals surface area contributed by atoms with Crippen molar-refractivity contribution in [2.45, 2.75) is 45.6 Å². The second kappa shape index (κ2) is 10.7. The minimum absolute atomic E-state index is 0.0597. The van der Waals surface area contributed by atoms with Crippen LogP contribution in [0.5, 0.6) is 0 Å². The molecule has 1 heterocycles. The molecule has 8 heteroatoms. The third-order valence-corrected chi connectivity index (χ3v) is 6.25. The van der Waals surface area contributed by atoms with Gasteiger partial charge >= 0.3 is 0 Å². The number of hydrogen-bond donors (Lipinski definition) is 1. The summed E-state index contributed by atoms with van der Waals surface area (Å²) in [5.74, 6) is -9.53. The number of hydrogen-bond acceptors (Lipinski definition) is 3. The molecule has 37 heavy (non-hydrogen) atoms. The Balaban J connectivity index is 1.79. The number of benzene rings is 3. The van der Waals surface area contributed by atoms with Crippen LogP contribution < -0.4 is 5.32 Å². The predicted molar refractivity (Wildman–Crippen MR) is 135 cm³/mol. The van der Waals surface area contributed by atoms with Gasteiger partial charge in [-0.25, -0.2) is 26.9 Å². The van der Waals surface area contributed by atoms with E-state index in [0.29, 0.717) is 5.56 Å². The lowest BCUT2D eigenvalue weighted by molar-refractivity contribution is 0.319. The monoisotopic (exact) mass is 514 g/mol. The van der Waals surface area contributed by atoms with Gasteiger partial charge in [0.15, 0.2) is 23.3 Å². The van der Waals surface area contributed by atoms with Crippen molar-refractivity contribution in [3.05, 3.63) is 106 Å². The van der Waals surface area contributed by atoms with Gasteiger partial charge < -0.3 is 10.1 Å². The van der Waals surface area contributed by atoms with Crippen LogP contribution >= 0.6 is 0 Å². The Morgan fingerprint density at radius 1 is 0.811 bits per heavy atom. The summed E-state index contributed by atoms with van der Waals surface area (Å²) in [6.45, 7) is 8.66. The molecule has 1 N–H and O–H groups in total. The molecule has 1 aliphatic rings. The molecule has 1 atom stereocenters. The first-order valence-electron chi connectivity index (χ1n) is 12.0. The molecule has 3 aromatic carbocycles. The van der Waals surface area contributed by atoms with Crippen LogP contribution in [0.2, 0.25) is 0 Å². The van der Waals surface area contributed by atoms with Gasteiger partial charge in [0.1, 0.15) is 18.3 Å². The smallest absolute Gasteiger partial charge is 0.211 e. The van der Waals surface area contributed by atoms with E-state index in [1.807, 2.05) is 6.07 Å². The maximum atomic E-state index is 14.4. The Kier molecular flexibility index (Phi) is 7.66. The Morgan fingerprint density at radius 2 is 1.35 bits per heavy atom. The van der Waals surface area contributed by atoms with Gasteiger partial charge in [-0.2, -0.15) is 0 Å². The molecule has 0 radical (unpaired) electrons. The van der Waals surface area contributed by atoms with Crippen LogP contribution in [0, 0.1) is 29.1 Å². The van der Waals surface area contributed by atoms with E-state index in [-0.39, 0.29) is 36.1 Å². The summed E-state index contributed by atoms with van der Waals surface area (Å²) in [7, 11) is 0. The summed E-state index contributed by atoms with van der Waals surface area (Å²) in [6, 6.07) is 14.2. The zero-order valence-electron chi connectivity index (χ0n) is 20.9. The average Bonchev–Trinajstić information content (AvgIpc) is 3.36. The van der Waals surface area contributed by atoms with E-state index in [0.717, 1.165) is 16.7 Å². The van der Waals surface area contributed by atoms with Gasteiger partial charge in [0.25, 0.3) is 0 Å². The molecule has 1 unspecified atom stereocenters. The van der Waals surface area contributed by atoms with Crippen LogP contribution in [0.3, 0.4) is 0 Å². The molecule has 3 nitrogen and oxygen atoms in total. The number of nitrogens with one attached hydrogen (secondary N) is 1. The maximum absolute atomic E-state index is 14.4. The number of rotatable bonds is 7. The normalized spacial score (nSPS) is 15.8. The lowest BCUT2D eigenvalue weighted by Gasteiger charge is -2.21. The Labute approximate surface area is 212 Å². The van der Waals surface area contributed by atoms with Crippen LogP contribution in [-0.2, 0) is 4.74 Å². The van der Waals surface area contributed by atoms with Crippen LogP contribution in [0.1, 0.15) is 67.8 Å². The molecule has 0 fully saturated rings. The highest BCUT2D eigenvalue weighted by Crippen LogP contribution is 2.37. The summed E-state index contributed by atoms with van der Waals surface area (Å²) < 4.78 is 76.0. The van der Waals surface area contributed by atoms with Crippen molar-refractivity contribution >= 4 is 17.3 Å². The van der Waals surface area contributed by atoms with Crippen molar-refractivity contribution in [3.63, 3.8) is 0 Å². The Morgan fingerprint density at radius 3 is 1.89 bits per heavy atom. The molecule has 3 aromatic rings. The van der Waals surface area contributed by atoms with Crippen molar-refractivity contribution in [1.29, 1.82) is 0 Å². The Bertz CT molecular complexity index is 1310. The summed E-state index contributed by atoms with van der Waals surface area (Å²) in [5, 5.41) is 2.39. The lowest BCUT2D eigenvalue weighted by atomic mass is 9.85. The maximum Gasteiger partial charge on any atom is 0.211 e. The van der Waals surface area contributed by atoms with E-state index >= 15 is 0 Å². The molecule has 1 aliphatic heterocycles. The van der Waals surface area contributed by atoms with Crippen LogP contribution in [-0.4, -0.2) is 12.5 Å². The second-order valence-corrected chi connectivity index (χ2v) is 9.45. The van der Waals surface area contributed by atoms with E-state index in [9.17, 15) is 22.0 Å². The first kappa shape index (κ1) is 26.4. The van der Waals surface area contributed by atoms with Gasteiger partial charge in [0.2, 0.25) is 11.7 Å². The van der Waals surface area contributed by atoms with E-state index in [1.54, 1.807) is 30.3 Å². The highest BCUT2D eigenvalue weighted by molar-refractivity contribution is 5.98. The lowest BCUT2D eigenvalue weighted by Crippen LogP contribution is -2.10. The van der Waals surface area contributed by atoms with E-state index in [2.05, 4.69) is 45.1 Å².